The summed E-state index contributed by atoms with van der Waals surface area (Å²) in [6.45, 7) is 6.74. The Kier molecular flexibility index (Phi) is 5.67. The predicted octanol–water partition coefficient (Wildman–Crippen LogP) is 3.14. The highest BCUT2D eigenvalue weighted by Gasteiger charge is 2.19. The summed E-state index contributed by atoms with van der Waals surface area (Å²) in [4.78, 5) is 14.2. The minimum atomic E-state index is -0.155. The molecule has 0 spiro atoms. The summed E-state index contributed by atoms with van der Waals surface area (Å²) in [6, 6.07) is 4.08. The summed E-state index contributed by atoms with van der Waals surface area (Å²) >= 11 is 0. The summed E-state index contributed by atoms with van der Waals surface area (Å²) in [6.07, 6.45) is 3.15. The number of aromatic hydroxyl groups is 2. The van der Waals surface area contributed by atoms with E-state index >= 15 is 0 Å². The van der Waals surface area contributed by atoms with Crippen molar-refractivity contribution < 1.29 is 15.0 Å². The molecule has 0 radical (unpaired) electrons. The first-order valence-corrected chi connectivity index (χ1v) is 6.79. The van der Waals surface area contributed by atoms with E-state index in [9.17, 15) is 15.0 Å². The Morgan fingerprint density at radius 3 is 2.21 bits per heavy atom. The standard InChI is InChI=1S/C15H23NO3/c1-4-5-6-7-16(11(2)3)15(19)12-8-13(17)10-14(18)9-12/h8-11,17-18H,4-7H2,1-3H3. The average Bonchev–Trinajstić information content (AvgIpc) is 2.32. The number of nitrogens with zero attached hydrogens (tertiary/aromatic N) is 1. The normalized spacial score (nSPS) is 10.7. The molecule has 1 aromatic rings. The molecule has 19 heavy (non-hydrogen) atoms. The topological polar surface area (TPSA) is 60.8 Å². The van der Waals surface area contributed by atoms with Crippen LogP contribution >= 0.6 is 0 Å². The van der Waals surface area contributed by atoms with Gasteiger partial charge in [-0.3, -0.25) is 4.79 Å². The van der Waals surface area contributed by atoms with Crippen LogP contribution < -0.4 is 0 Å². The molecule has 0 heterocycles. The van der Waals surface area contributed by atoms with Gasteiger partial charge in [-0.2, -0.15) is 0 Å². The van der Waals surface area contributed by atoms with Crippen LogP contribution in [0.4, 0.5) is 0 Å². The molecule has 0 saturated carbocycles. The maximum atomic E-state index is 12.4. The van der Waals surface area contributed by atoms with Crippen LogP contribution in [0.2, 0.25) is 0 Å². The fourth-order valence-electron chi connectivity index (χ4n) is 2.01. The number of phenolic OH excluding ortho intramolecular Hbond substituents is 2. The van der Waals surface area contributed by atoms with E-state index in [0.717, 1.165) is 19.3 Å². The van der Waals surface area contributed by atoms with Crippen molar-refractivity contribution in [1.82, 2.24) is 4.90 Å². The van der Waals surface area contributed by atoms with Gasteiger partial charge in [0.25, 0.3) is 5.91 Å². The summed E-state index contributed by atoms with van der Waals surface area (Å²) in [5, 5.41) is 18.9. The van der Waals surface area contributed by atoms with Crippen molar-refractivity contribution in [3.8, 4) is 11.5 Å². The van der Waals surface area contributed by atoms with Crippen LogP contribution in [-0.4, -0.2) is 33.6 Å². The predicted molar refractivity (Wildman–Crippen MR) is 75.5 cm³/mol. The number of hydrogen-bond donors (Lipinski definition) is 2. The molecule has 4 nitrogen and oxygen atoms in total. The molecular weight excluding hydrogens is 242 g/mol. The first-order valence-electron chi connectivity index (χ1n) is 6.79. The lowest BCUT2D eigenvalue weighted by atomic mass is 10.1. The first kappa shape index (κ1) is 15.3. The highest BCUT2D eigenvalue weighted by molar-refractivity contribution is 5.95. The SMILES string of the molecule is CCCCCN(C(=O)c1cc(O)cc(O)c1)C(C)C. The van der Waals surface area contributed by atoms with Crippen molar-refractivity contribution in [3.63, 3.8) is 0 Å². The van der Waals surface area contributed by atoms with Gasteiger partial charge in [0.1, 0.15) is 11.5 Å². The van der Waals surface area contributed by atoms with Crippen molar-refractivity contribution in [2.24, 2.45) is 0 Å². The van der Waals surface area contributed by atoms with Crippen LogP contribution in [0.1, 0.15) is 50.4 Å². The second kappa shape index (κ2) is 7.02. The van der Waals surface area contributed by atoms with Crippen LogP contribution in [0.3, 0.4) is 0 Å². The molecule has 0 aliphatic carbocycles. The number of amides is 1. The van der Waals surface area contributed by atoms with E-state index in [1.54, 1.807) is 4.90 Å². The van der Waals surface area contributed by atoms with Crippen LogP contribution in [0.25, 0.3) is 0 Å². The Bertz CT molecular complexity index is 409. The zero-order valence-corrected chi connectivity index (χ0v) is 11.9. The molecule has 0 bridgehead atoms. The van der Waals surface area contributed by atoms with Crippen LogP contribution in [0.15, 0.2) is 18.2 Å². The number of hydrogen-bond acceptors (Lipinski definition) is 3. The zero-order chi connectivity index (χ0) is 14.4. The third-order valence-electron chi connectivity index (χ3n) is 3.04. The molecule has 2 N–H and O–H groups in total. The largest absolute Gasteiger partial charge is 0.508 e. The summed E-state index contributed by atoms with van der Waals surface area (Å²) in [5.74, 6) is -0.349. The van der Waals surface area contributed by atoms with E-state index in [-0.39, 0.29) is 23.4 Å². The highest BCUT2D eigenvalue weighted by atomic mass is 16.3. The summed E-state index contributed by atoms with van der Waals surface area (Å²) in [7, 11) is 0. The summed E-state index contributed by atoms with van der Waals surface area (Å²) in [5.41, 5.74) is 0.322. The molecule has 0 aliphatic rings. The van der Waals surface area contributed by atoms with Gasteiger partial charge in [-0.15, -0.1) is 0 Å². The number of carbonyl (C=O) groups excluding carboxylic acids is 1. The van der Waals surface area contributed by atoms with E-state index in [1.807, 2.05) is 13.8 Å². The first-order chi connectivity index (χ1) is 8.95. The quantitative estimate of drug-likeness (QED) is 0.777. The minimum absolute atomic E-state index is 0.0915. The lowest BCUT2D eigenvalue weighted by Gasteiger charge is -2.27. The molecule has 106 valence electrons. The Morgan fingerprint density at radius 2 is 1.74 bits per heavy atom. The van der Waals surface area contributed by atoms with Gasteiger partial charge in [0.15, 0.2) is 0 Å². The zero-order valence-electron chi connectivity index (χ0n) is 11.9. The van der Waals surface area contributed by atoms with Crippen LogP contribution in [0, 0.1) is 0 Å². The maximum Gasteiger partial charge on any atom is 0.254 e. The third kappa shape index (κ3) is 4.47. The fourth-order valence-corrected chi connectivity index (χ4v) is 2.01. The average molecular weight is 265 g/mol. The van der Waals surface area contributed by atoms with E-state index in [1.165, 1.54) is 18.2 Å². The third-order valence-corrected chi connectivity index (χ3v) is 3.04. The highest BCUT2D eigenvalue weighted by Crippen LogP contribution is 2.22. The Hall–Kier alpha value is -1.71. The number of unbranched alkanes of at least 4 members (excludes halogenated alkanes) is 2. The maximum absolute atomic E-state index is 12.4. The Morgan fingerprint density at radius 1 is 1.16 bits per heavy atom. The van der Waals surface area contributed by atoms with Crippen LogP contribution in [-0.2, 0) is 0 Å². The van der Waals surface area contributed by atoms with Gasteiger partial charge < -0.3 is 15.1 Å². The monoisotopic (exact) mass is 265 g/mol. The molecule has 1 aromatic carbocycles. The molecule has 1 rings (SSSR count). The van der Waals surface area contributed by atoms with Gasteiger partial charge in [-0.05, 0) is 32.4 Å². The van der Waals surface area contributed by atoms with Gasteiger partial charge in [0, 0.05) is 24.2 Å². The Balaban J connectivity index is 2.86. The van der Waals surface area contributed by atoms with E-state index in [0.29, 0.717) is 12.1 Å². The molecule has 0 fully saturated rings. The Labute approximate surface area is 114 Å². The smallest absolute Gasteiger partial charge is 0.254 e. The second-order valence-electron chi connectivity index (χ2n) is 5.04. The summed E-state index contributed by atoms with van der Waals surface area (Å²) < 4.78 is 0. The molecular formula is C15H23NO3. The molecule has 0 unspecified atom stereocenters. The van der Waals surface area contributed by atoms with Crippen molar-refractivity contribution >= 4 is 5.91 Å². The fraction of sp³-hybridized carbons (Fsp3) is 0.533. The molecule has 0 atom stereocenters. The number of benzene rings is 1. The van der Waals surface area contributed by atoms with E-state index < -0.39 is 0 Å². The van der Waals surface area contributed by atoms with Gasteiger partial charge >= 0.3 is 0 Å². The lowest BCUT2D eigenvalue weighted by Crippen LogP contribution is -2.37. The van der Waals surface area contributed by atoms with Crippen LogP contribution in [0.5, 0.6) is 11.5 Å². The number of phenols is 2. The van der Waals surface area contributed by atoms with Gasteiger partial charge in [-0.1, -0.05) is 19.8 Å². The minimum Gasteiger partial charge on any atom is -0.508 e. The molecule has 0 aromatic heterocycles. The van der Waals surface area contributed by atoms with Crippen molar-refractivity contribution in [1.29, 1.82) is 0 Å². The molecule has 0 aliphatic heterocycles. The number of carbonyl (C=O) groups is 1. The van der Waals surface area contributed by atoms with Crippen molar-refractivity contribution in [3.05, 3.63) is 23.8 Å². The number of rotatable bonds is 6. The lowest BCUT2D eigenvalue weighted by molar-refractivity contribution is 0.0701. The van der Waals surface area contributed by atoms with Crippen molar-refractivity contribution in [2.45, 2.75) is 46.1 Å². The van der Waals surface area contributed by atoms with Gasteiger partial charge in [0.05, 0.1) is 0 Å². The van der Waals surface area contributed by atoms with Gasteiger partial charge in [-0.25, -0.2) is 0 Å². The molecule has 4 heteroatoms. The molecule has 0 saturated heterocycles. The second-order valence-corrected chi connectivity index (χ2v) is 5.04. The molecule has 1 amide bonds. The van der Waals surface area contributed by atoms with E-state index in [2.05, 4.69) is 6.92 Å². The van der Waals surface area contributed by atoms with Crippen molar-refractivity contribution in [2.75, 3.05) is 6.54 Å². The van der Waals surface area contributed by atoms with E-state index in [4.69, 9.17) is 0 Å². The van der Waals surface area contributed by atoms with Gasteiger partial charge in [0.2, 0.25) is 0 Å².